The quantitative estimate of drug-likeness (QED) is 0.156. The molecular weight excluding hydrogens is 499 g/mol. The molecule has 5 heteroatoms. The Hall–Kier alpha value is -2.07. The second kappa shape index (κ2) is 16.8. The van der Waals surface area contributed by atoms with Gasteiger partial charge in [0.05, 0.1) is 11.6 Å². The topological polar surface area (TPSA) is 35.5 Å². The van der Waals surface area contributed by atoms with Crippen molar-refractivity contribution in [2.24, 2.45) is 5.92 Å². The van der Waals surface area contributed by atoms with E-state index >= 15 is 0 Å². The average molecular weight is 545 g/mol. The van der Waals surface area contributed by atoms with E-state index in [1.807, 2.05) is 19.1 Å². The van der Waals surface area contributed by atoms with E-state index in [1.165, 1.54) is 31.2 Å². The molecule has 210 valence electrons. The van der Waals surface area contributed by atoms with Crippen LogP contribution in [0.15, 0.2) is 42.5 Å². The molecule has 0 heterocycles. The van der Waals surface area contributed by atoms with Crippen LogP contribution in [0.4, 0.5) is 4.39 Å². The van der Waals surface area contributed by atoms with Gasteiger partial charge in [0.25, 0.3) is 0 Å². The average Bonchev–Trinajstić information content (AvgIpc) is 2.94. The standard InChI is InChI=1S/C33H46ClFO3/c1-3-5-7-8-9-23-37-32-22-19-28(24-30(32)34)27-17-13-25(14-18-27)11-12-26-15-20-29(21-16-26)38-33(36)31(35)10-6-4-2/h13-14,17-19,22,24,26,29,31H,3-12,15-16,20-21,23H2,1-2H3/t26-,29-,31-/m0/s1. The van der Waals surface area contributed by atoms with Gasteiger partial charge in [0.1, 0.15) is 11.9 Å². The lowest BCUT2D eigenvalue weighted by atomic mass is 9.83. The molecule has 2 aromatic carbocycles. The van der Waals surface area contributed by atoms with Gasteiger partial charge in [-0.1, -0.05) is 94.3 Å². The highest BCUT2D eigenvalue weighted by Crippen LogP contribution is 2.32. The van der Waals surface area contributed by atoms with Crippen LogP contribution in [0.5, 0.6) is 5.75 Å². The number of halogens is 2. The summed E-state index contributed by atoms with van der Waals surface area (Å²) in [5, 5.41) is 0.657. The molecule has 1 aliphatic rings. The largest absolute Gasteiger partial charge is 0.492 e. The van der Waals surface area contributed by atoms with E-state index in [-0.39, 0.29) is 12.5 Å². The van der Waals surface area contributed by atoms with E-state index in [9.17, 15) is 9.18 Å². The summed E-state index contributed by atoms with van der Waals surface area (Å²) in [6.07, 6.45) is 12.3. The maximum atomic E-state index is 13.9. The first-order chi connectivity index (χ1) is 18.5. The zero-order chi connectivity index (χ0) is 27.2. The minimum Gasteiger partial charge on any atom is -0.492 e. The van der Waals surface area contributed by atoms with Gasteiger partial charge in [-0.05, 0) is 86.1 Å². The van der Waals surface area contributed by atoms with Gasteiger partial charge in [-0.15, -0.1) is 0 Å². The Labute approximate surface area is 234 Å². The number of benzene rings is 2. The predicted molar refractivity (Wildman–Crippen MR) is 156 cm³/mol. The van der Waals surface area contributed by atoms with Gasteiger partial charge < -0.3 is 9.47 Å². The summed E-state index contributed by atoms with van der Waals surface area (Å²) < 4.78 is 25.2. The molecule has 3 rings (SSSR count). The second-order valence-electron chi connectivity index (χ2n) is 10.8. The molecule has 0 bridgehead atoms. The molecule has 1 saturated carbocycles. The Bertz CT molecular complexity index is 953. The Morgan fingerprint density at radius 3 is 2.29 bits per heavy atom. The van der Waals surface area contributed by atoms with Crippen LogP contribution in [0.2, 0.25) is 5.02 Å². The highest BCUT2D eigenvalue weighted by Gasteiger charge is 2.27. The fourth-order valence-electron chi connectivity index (χ4n) is 5.20. The summed E-state index contributed by atoms with van der Waals surface area (Å²) in [5.41, 5.74) is 3.57. The number of esters is 1. The van der Waals surface area contributed by atoms with E-state index in [1.54, 1.807) is 0 Å². The Morgan fingerprint density at radius 1 is 0.921 bits per heavy atom. The molecule has 0 aliphatic heterocycles. The van der Waals surface area contributed by atoms with Crippen molar-refractivity contribution in [2.45, 2.75) is 116 Å². The van der Waals surface area contributed by atoms with Gasteiger partial charge in [-0.2, -0.15) is 0 Å². The molecule has 2 aromatic rings. The Kier molecular flexibility index (Phi) is 13.5. The second-order valence-corrected chi connectivity index (χ2v) is 11.2. The molecule has 0 amide bonds. The summed E-state index contributed by atoms with van der Waals surface area (Å²) in [6, 6.07) is 14.8. The molecule has 0 aromatic heterocycles. The summed E-state index contributed by atoms with van der Waals surface area (Å²) in [7, 11) is 0. The number of carbonyl (C=O) groups is 1. The van der Waals surface area contributed by atoms with Crippen molar-refractivity contribution >= 4 is 17.6 Å². The van der Waals surface area contributed by atoms with Crippen LogP contribution >= 0.6 is 11.6 Å². The first-order valence-electron chi connectivity index (χ1n) is 14.9. The lowest BCUT2D eigenvalue weighted by Crippen LogP contribution is -2.29. The monoisotopic (exact) mass is 544 g/mol. The molecule has 38 heavy (non-hydrogen) atoms. The first-order valence-corrected chi connectivity index (χ1v) is 15.2. The molecule has 0 N–H and O–H groups in total. The maximum Gasteiger partial charge on any atom is 0.340 e. The number of alkyl halides is 1. The predicted octanol–water partition coefficient (Wildman–Crippen LogP) is 9.92. The molecule has 1 aliphatic carbocycles. The smallest absolute Gasteiger partial charge is 0.340 e. The van der Waals surface area contributed by atoms with Crippen LogP contribution in [0.1, 0.15) is 103 Å². The van der Waals surface area contributed by atoms with Crippen LogP contribution in [-0.2, 0) is 16.0 Å². The van der Waals surface area contributed by atoms with Gasteiger partial charge in [0, 0.05) is 0 Å². The van der Waals surface area contributed by atoms with Gasteiger partial charge >= 0.3 is 5.97 Å². The molecule has 0 spiro atoms. The molecule has 0 unspecified atom stereocenters. The van der Waals surface area contributed by atoms with Crippen molar-refractivity contribution < 1.29 is 18.7 Å². The van der Waals surface area contributed by atoms with E-state index in [2.05, 4.69) is 37.3 Å². The van der Waals surface area contributed by atoms with E-state index in [4.69, 9.17) is 21.1 Å². The first kappa shape index (κ1) is 30.5. The fourth-order valence-corrected chi connectivity index (χ4v) is 5.43. The Morgan fingerprint density at radius 2 is 1.61 bits per heavy atom. The van der Waals surface area contributed by atoms with Crippen molar-refractivity contribution in [3.8, 4) is 16.9 Å². The lowest BCUT2D eigenvalue weighted by Gasteiger charge is -2.28. The van der Waals surface area contributed by atoms with Gasteiger partial charge in [0.15, 0.2) is 6.17 Å². The van der Waals surface area contributed by atoms with Crippen LogP contribution in [0.25, 0.3) is 11.1 Å². The minimum atomic E-state index is -1.47. The van der Waals surface area contributed by atoms with Crippen molar-refractivity contribution in [1.29, 1.82) is 0 Å². The van der Waals surface area contributed by atoms with Gasteiger partial charge in [0.2, 0.25) is 0 Å². The van der Waals surface area contributed by atoms with E-state index in [0.717, 1.165) is 74.7 Å². The van der Waals surface area contributed by atoms with Crippen LogP contribution in [-0.4, -0.2) is 24.9 Å². The van der Waals surface area contributed by atoms with E-state index in [0.29, 0.717) is 17.5 Å². The third-order valence-corrected chi connectivity index (χ3v) is 8.00. The van der Waals surface area contributed by atoms with Gasteiger partial charge in [-0.25, -0.2) is 9.18 Å². The molecule has 3 nitrogen and oxygen atoms in total. The maximum absolute atomic E-state index is 13.9. The summed E-state index contributed by atoms with van der Waals surface area (Å²) in [5.74, 6) is 0.722. The van der Waals surface area contributed by atoms with Crippen molar-refractivity contribution in [2.75, 3.05) is 6.61 Å². The highest BCUT2D eigenvalue weighted by atomic mass is 35.5. The SMILES string of the molecule is CCCCCCCOc1ccc(-c2ccc(CC[C@H]3CC[C@H](OC(=O)[C@@H](F)CCCC)CC3)cc2)cc1Cl. The van der Waals surface area contributed by atoms with Crippen molar-refractivity contribution in [3.05, 3.63) is 53.1 Å². The minimum absolute atomic E-state index is 0.118. The summed E-state index contributed by atoms with van der Waals surface area (Å²) >= 11 is 6.51. The number of carbonyl (C=O) groups excluding carboxylic acids is 1. The molecule has 0 saturated heterocycles. The fraction of sp³-hybridized carbons (Fsp3) is 0.606. The zero-order valence-electron chi connectivity index (χ0n) is 23.4. The van der Waals surface area contributed by atoms with Gasteiger partial charge in [-0.3, -0.25) is 0 Å². The number of hydrogen-bond donors (Lipinski definition) is 0. The Balaban J connectivity index is 1.39. The third-order valence-electron chi connectivity index (χ3n) is 7.71. The van der Waals surface area contributed by atoms with Crippen molar-refractivity contribution in [3.63, 3.8) is 0 Å². The normalized spacial score (nSPS) is 18.2. The summed E-state index contributed by atoms with van der Waals surface area (Å²) in [6.45, 7) is 4.93. The van der Waals surface area contributed by atoms with Crippen LogP contribution in [0.3, 0.4) is 0 Å². The lowest BCUT2D eigenvalue weighted by molar-refractivity contribution is -0.157. The van der Waals surface area contributed by atoms with Crippen LogP contribution < -0.4 is 4.74 Å². The van der Waals surface area contributed by atoms with Crippen LogP contribution in [0, 0.1) is 5.92 Å². The third kappa shape index (κ3) is 10.2. The van der Waals surface area contributed by atoms with E-state index < -0.39 is 12.1 Å². The number of unbranched alkanes of at least 4 members (excludes halogenated alkanes) is 5. The number of hydrogen-bond acceptors (Lipinski definition) is 3. The molecular formula is C33H46ClFO3. The zero-order valence-corrected chi connectivity index (χ0v) is 24.1. The molecule has 1 atom stereocenters. The molecule has 0 radical (unpaired) electrons. The number of ether oxygens (including phenoxy) is 2. The summed E-state index contributed by atoms with van der Waals surface area (Å²) in [4.78, 5) is 11.9. The molecule has 1 fully saturated rings. The van der Waals surface area contributed by atoms with Crippen molar-refractivity contribution in [1.82, 2.24) is 0 Å². The highest BCUT2D eigenvalue weighted by molar-refractivity contribution is 6.32. The number of aryl methyl sites for hydroxylation is 1. The number of rotatable bonds is 16.